The van der Waals surface area contributed by atoms with Gasteiger partial charge in [-0.05, 0) is 35.4 Å². The van der Waals surface area contributed by atoms with Gasteiger partial charge in [0.2, 0.25) is 0 Å². The molecule has 23 heavy (non-hydrogen) atoms. The van der Waals surface area contributed by atoms with Gasteiger partial charge in [-0.25, -0.2) is 0 Å². The summed E-state index contributed by atoms with van der Waals surface area (Å²) in [7, 11) is 0. The van der Waals surface area contributed by atoms with E-state index in [2.05, 4.69) is 79.0 Å². The predicted octanol–water partition coefficient (Wildman–Crippen LogP) is 6.18. The molecule has 0 aliphatic carbocycles. The molecular weight excluding hydrogens is 278 g/mol. The van der Waals surface area contributed by atoms with Crippen LogP contribution in [0.1, 0.15) is 37.3 Å². The highest BCUT2D eigenvalue weighted by Gasteiger charge is 2.00. The lowest BCUT2D eigenvalue weighted by Crippen LogP contribution is -2.00. The van der Waals surface area contributed by atoms with Gasteiger partial charge in [-0.15, -0.1) is 0 Å². The Kier molecular flexibility index (Phi) is 5.31. The summed E-state index contributed by atoms with van der Waals surface area (Å²) >= 11 is 0. The average molecular weight is 303 g/mol. The molecular formula is C22H25N. The summed E-state index contributed by atoms with van der Waals surface area (Å²) in [5, 5.41) is 6.14. The van der Waals surface area contributed by atoms with Crippen LogP contribution < -0.4 is 5.32 Å². The molecule has 1 nitrogen and oxygen atoms in total. The minimum atomic E-state index is 0.864. The fourth-order valence-corrected chi connectivity index (χ4v) is 2.98. The van der Waals surface area contributed by atoms with Crippen molar-refractivity contribution < 1.29 is 0 Å². The molecule has 1 heteroatoms. The third kappa shape index (κ3) is 4.13. The fourth-order valence-electron chi connectivity index (χ4n) is 2.98. The van der Waals surface area contributed by atoms with Gasteiger partial charge in [-0.3, -0.25) is 0 Å². The second kappa shape index (κ2) is 7.82. The maximum absolute atomic E-state index is 3.58. The summed E-state index contributed by atoms with van der Waals surface area (Å²) < 4.78 is 0. The summed E-state index contributed by atoms with van der Waals surface area (Å²) in [6.45, 7) is 3.12. The largest absolute Gasteiger partial charge is 0.380 e. The van der Waals surface area contributed by atoms with E-state index >= 15 is 0 Å². The Morgan fingerprint density at radius 2 is 1.48 bits per heavy atom. The first-order chi connectivity index (χ1) is 11.4. The zero-order chi connectivity index (χ0) is 15.9. The molecule has 0 amide bonds. The van der Waals surface area contributed by atoms with Crippen LogP contribution in [0.25, 0.3) is 10.8 Å². The molecule has 0 aliphatic heterocycles. The van der Waals surface area contributed by atoms with Crippen molar-refractivity contribution >= 4 is 16.5 Å². The summed E-state index contributed by atoms with van der Waals surface area (Å²) in [6, 6.07) is 24.0. The highest BCUT2D eigenvalue weighted by Crippen LogP contribution is 2.23. The zero-order valence-corrected chi connectivity index (χ0v) is 13.9. The van der Waals surface area contributed by atoms with Crippen LogP contribution in [0.4, 0.5) is 5.69 Å². The molecule has 0 fully saturated rings. The predicted molar refractivity (Wildman–Crippen MR) is 101 cm³/mol. The van der Waals surface area contributed by atoms with E-state index in [4.69, 9.17) is 0 Å². The van der Waals surface area contributed by atoms with E-state index in [-0.39, 0.29) is 0 Å². The van der Waals surface area contributed by atoms with Crippen LogP contribution in [0.3, 0.4) is 0 Å². The van der Waals surface area contributed by atoms with Crippen LogP contribution in [0.2, 0.25) is 0 Å². The Morgan fingerprint density at radius 1 is 0.739 bits per heavy atom. The fraction of sp³-hybridized carbons (Fsp3) is 0.273. The van der Waals surface area contributed by atoms with E-state index in [1.165, 1.54) is 53.3 Å². The molecule has 0 atom stereocenters. The van der Waals surface area contributed by atoms with Gasteiger partial charge in [0.05, 0.1) is 0 Å². The van der Waals surface area contributed by atoms with Crippen LogP contribution in [-0.4, -0.2) is 0 Å². The number of nitrogens with one attached hydrogen (secondary N) is 1. The summed E-state index contributed by atoms with van der Waals surface area (Å²) in [6.07, 6.45) is 5.10. The Bertz CT molecular complexity index is 738. The molecule has 3 rings (SSSR count). The van der Waals surface area contributed by atoms with Crippen LogP contribution >= 0.6 is 0 Å². The minimum Gasteiger partial charge on any atom is -0.380 e. The van der Waals surface area contributed by atoms with E-state index in [0.29, 0.717) is 0 Å². The lowest BCUT2D eigenvalue weighted by Gasteiger charge is -2.10. The molecule has 0 bridgehead atoms. The molecule has 1 N–H and O–H groups in total. The third-order valence-corrected chi connectivity index (χ3v) is 4.36. The van der Waals surface area contributed by atoms with Gasteiger partial charge in [-0.2, -0.15) is 0 Å². The van der Waals surface area contributed by atoms with E-state index in [1.54, 1.807) is 0 Å². The van der Waals surface area contributed by atoms with Gasteiger partial charge in [0.25, 0.3) is 0 Å². The number of hydrogen-bond donors (Lipinski definition) is 1. The molecule has 0 saturated heterocycles. The second-order valence-electron chi connectivity index (χ2n) is 6.15. The Labute approximate surface area is 139 Å². The van der Waals surface area contributed by atoms with Gasteiger partial charge in [-0.1, -0.05) is 80.4 Å². The monoisotopic (exact) mass is 303 g/mol. The smallest absolute Gasteiger partial charge is 0.0422 e. The molecule has 3 aromatic carbocycles. The normalized spacial score (nSPS) is 10.8. The average Bonchev–Trinajstić information content (AvgIpc) is 2.61. The minimum absolute atomic E-state index is 0.864. The van der Waals surface area contributed by atoms with E-state index in [9.17, 15) is 0 Å². The lowest BCUT2D eigenvalue weighted by molar-refractivity contribution is 0.717. The lowest BCUT2D eigenvalue weighted by atomic mass is 10.0. The number of benzene rings is 3. The molecule has 0 heterocycles. The van der Waals surface area contributed by atoms with Crippen LogP contribution in [-0.2, 0) is 13.0 Å². The highest BCUT2D eigenvalue weighted by molar-refractivity contribution is 5.93. The number of anilines is 1. The Balaban J connectivity index is 1.63. The van der Waals surface area contributed by atoms with Crippen molar-refractivity contribution in [3.05, 3.63) is 77.9 Å². The van der Waals surface area contributed by atoms with E-state index in [1.807, 2.05) is 0 Å². The molecule has 0 aromatic heterocycles. The topological polar surface area (TPSA) is 12.0 Å². The van der Waals surface area contributed by atoms with Crippen molar-refractivity contribution in [3.8, 4) is 0 Å². The van der Waals surface area contributed by atoms with Crippen molar-refractivity contribution in [1.29, 1.82) is 0 Å². The van der Waals surface area contributed by atoms with Crippen LogP contribution in [0.5, 0.6) is 0 Å². The molecule has 118 valence electrons. The third-order valence-electron chi connectivity index (χ3n) is 4.36. The number of hydrogen-bond acceptors (Lipinski definition) is 1. The molecule has 0 radical (unpaired) electrons. The van der Waals surface area contributed by atoms with Gasteiger partial charge < -0.3 is 5.32 Å². The van der Waals surface area contributed by atoms with Gasteiger partial charge in [0, 0.05) is 17.6 Å². The molecule has 0 unspecified atom stereocenters. The quantitative estimate of drug-likeness (QED) is 0.513. The number of aryl methyl sites for hydroxylation is 1. The van der Waals surface area contributed by atoms with E-state index < -0.39 is 0 Å². The Morgan fingerprint density at radius 3 is 2.30 bits per heavy atom. The zero-order valence-electron chi connectivity index (χ0n) is 13.9. The summed E-state index contributed by atoms with van der Waals surface area (Å²) in [4.78, 5) is 0. The first kappa shape index (κ1) is 15.6. The molecule has 0 saturated carbocycles. The van der Waals surface area contributed by atoms with Crippen molar-refractivity contribution in [2.75, 3.05) is 5.32 Å². The van der Waals surface area contributed by atoms with Gasteiger partial charge in [0.15, 0.2) is 0 Å². The summed E-state index contributed by atoms with van der Waals surface area (Å²) in [5.41, 5.74) is 3.99. The van der Waals surface area contributed by atoms with Crippen molar-refractivity contribution in [2.24, 2.45) is 0 Å². The SMILES string of the molecule is CCCCCc1ccc(CNc2cccc3ccccc23)cc1. The van der Waals surface area contributed by atoms with Crippen molar-refractivity contribution in [2.45, 2.75) is 39.2 Å². The van der Waals surface area contributed by atoms with Crippen LogP contribution in [0, 0.1) is 0 Å². The van der Waals surface area contributed by atoms with Crippen molar-refractivity contribution in [3.63, 3.8) is 0 Å². The first-order valence-corrected chi connectivity index (χ1v) is 8.66. The standard InChI is InChI=1S/C22H25N/c1-2-3-4-8-18-13-15-19(16-14-18)17-23-22-12-7-10-20-9-5-6-11-21(20)22/h5-7,9-16,23H,2-4,8,17H2,1H3. The second-order valence-corrected chi connectivity index (χ2v) is 6.15. The Hall–Kier alpha value is -2.28. The summed E-state index contributed by atoms with van der Waals surface area (Å²) in [5.74, 6) is 0. The first-order valence-electron chi connectivity index (χ1n) is 8.66. The number of fused-ring (bicyclic) bond motifs is 1. The number of unbranched alkanes of at least 4 members (excludes halogenated alkanes) is 2. The van der Waals surface area contributed by atoms with Crippen molar-refractivity contribution in [1.82, 2.24) is 0 Å². The molecule has 0 spiro atoms. The van der Waals surface area contributed by atoms with Gasteiger partial charge in [0.1, 0.15) is 0 Å². The molecule has 3 aromatic rings. The van der Waals surface area contributed by atoms with E-state index in [0.717, 1.165) is 6.54 Å². The molecule has 0 aliphatic rings. The maximum atomic E-state index is 3.58. The van der Waals surface area contributed by atoms with Crippen LogP contribution in [0.15, 0.2) is 66.7 Å². The maximum Gasteiger partial charge on any atom is 0.0422 e. The number of rotatable bonds is 7. The highest BCUT2D eigenvalue weighted by atomic mass is 14.9. The van der Waals surface area contributed by atoms with Gasteiger partial charge >= 0.3 is 0 Å².